The topological polar surface area (TPSA) is 29.1 Å². The lowest BCUT2D eigenvalue weighted by Crippen LogP contribution is -2.14. The molecule has 1 atom stereocenters. The van der Waals surface area contributed by atoms with Gasteiger partial charge in [0.25, 0.3) is 0 Å². The standard InChI is InChI=1S/C12H19NO/c14-12(8-10-6-7-13-9-10)11-4-2-1-3-5-11/h4,10,13H,1-3,5-9H2. The molecule has 2 heteroatoms. The number of rotatable bonds is 3. The molecule has 78 valence electrons. The van der Waals surface area contributed by atoms with Gasteiger partial charge >= 0.3 is 0 Å². The molecule has 2 nitrogen and oxygen atoms in total. The maximum atomic E-state index is 11.9. The van der Waals surface area contributed by atoms with Crippen molar-refractivity contribution in [3.8, 4) is 0 Å². The third-order valence-electron chi connectivity index (χ3n) is 3.29. The summed E-state index contributed by atoms with van der Waals surface area (Å²) in [6, 6.07) is 0. The number of hydrogen-bond donors (Lipinski definition) is 1. The van der Waals surface area contributed by atoms with Crippen LogP contribution in [-0.2, 0) is 4.79 Å². The number of carbonyl (C=O) groups excluding carboxylic acids is 1. The second-order valence-corrected chi connectivity index (χ2v) is 4.46. The van der Waals surface area contributed by atoms with Gasteiger partial charge in [0.2, 0.25) is 0 Å². The molecule has 1 fully saturated rings. The van der Waals surface area contributed by atoms with Gasteiger partial charge in [-0.15, -0.1) is 0 Å². The van der Waals surface area contributed by atoms with Crippen molar-refractivity contribution in [2.45, 2.75) is 38.5 Å². The summed E-state index contributed by atoms with van der Waals surface area (Å²) in [5, 5.41) is 3.31. The van der Waals surface area contributed by atoms with E-state index in [1.807, 2.05) is 0 Å². The molecule has 2 aliphatic rings. The van der Waals surface area contributed by atoms with Gasteiger partial charge in [-0.3, -0.25) is 4.79 Å². The molecule has 0 aromatic carbocycles. The molecule has 1 aliphatic carbocycles. The van der Waals surface area contributed by atoms with Crippen LogP contribution < -0.4 is 5.32 Å². The van der Waals surface area contributed by atoms with Crippen molar-refractivity contribution in [1.29, 1.82) is 0 Å². The van der Waals surface area contributed by atoms with Crippen LogP contribution in [0.25, 0.3) is 0 Å². The van der Waals surface area contributed by atoms with E-state index in [0.29, 0.717) is 11.7 Å². The first-order valence-corrected chi connectivity index (χ1v) is 5.79. The molecule has 0 radical (unpaired) electrons. The highest BCUT2D eigenvalue weighted by atomic mass is 16.1. The smallest absolute Gasteiger partial charge is 0.158 e. The number of Topliss-reactive ketones (excluding diaryl/α,β-unsaturated/α-hetero) is 1. The van der Waals surface area contributed by atoms with Gasteiger partial charge in [-0.2, -0.15) is 0 Å². The van der Waals surface area contributed by atoms with E-state index in [2.05, 4.69) is 11.4 Å². The minimum Gasteiger partial charge on any atom is -0.316 e. The fourth-order valence-corrected chi connectivity index (χ4v) is 2.37. The Bertz CT molecular complexity index is 239. The van der Waals surface area contributed by atoms with E-state index < -0.39 is 0 Å². The van der Waals surface area contributed by atoms with E-state index in [9.17, 15) is 4.79 Å². The summed E-state index contributed by atoms with van der Waals surface area (Å²) in [6.07, 6.45) is 8.73. The van der Waals surface area contributed by atoms with Crippen molar-refractivity contribution in [2.75, 3.05) is 13.1 Å². The molecular weight excluding hydrogens is 174 g/mol. The fourth-order valence-electron chi connectivity index (χ4n) is 2.37. The summed E-state index contributed by atoms with van der Waals surface area (Å²) in [4.78, 5) is 11.9. The van der Waals surface area contributed by atoms with Crippen LogP contribution in [0.3, 0.4) is 0 Å². The number of nitrogens with one attached hydrogen (secondary N) is 1. The summed E-state index contributed by atoms with van der Waals surface area (Å²) in [7, 11) is 0. The molecule has 14 heavy (non-hydrogen) atoms. The Morgan fingerprint density at radius 2 is 2.43 bits per heavy atom. The maximum absolute atomic E-state index is 11.9. The largest absolute Gasteiger partial charge is 0.316 e. The van der Waals surface area contributed by atoms with E-state index >= 15 is 0 Å². The van der Waals surface area contributed by atoms with Crippen LogP contribution in [0.5, 0.6) is 0 Å². The Morgan fingerprint density at radius 1 is 1.50 bits per heavy atom. The number of ketones is 1. The zero-order valence-electron chi connectivity index (χ0n) is 8.72. The Morgan fingerprint density at radius 3 is 3.07 bits per heavy atom. The van der Waals surface area contributed by atoms with Crippen molar-refractivity contribution in [1.82, 2.24) is 5.32 Å². The van der Waals surface area contributed by atoms with E-state index in [4.69, 9.17) is 0 Å². The Balaban J connectivity index is 1.84. The lowest BCUT2D eigenvalue weighted by molar-refractivity contribution is -0.116. The average molecular weight is 193 g/mol. The lowest BCUT2D eigenvalue weighted by Gasteiger charge is -2.13. The highest BCUT2D eigenvalue weighted by molar-refractivity contribution is 5.95. The minimum atomic E-state index is 0.415. The van der Waals surface area contributed by atoms with Gasteiger partial charge in [0.1, 0.15) is 0 Å². The van der Waals surface area contributed by atoms with Crippen molar-refractivity contribution in [2.24, 2.45) is 5.92 Å². The Kier molecular flexibility index (Phi) is 3.35. The predicted octanol–water partition coefficient (Wildman–Crippen LogP) is 2.06. The van der Waals surface area contributed by atoms with Gasteiger partial charge in [-0.1, -0.05) is 6.08 Å². The minimum absolute atomic E-state index is 0.415. The van der Waals surface area contributed by atoms with Gasteiger partial charge in [0.15, 0.2) is 5.78 Å². The van der Waals surface area contributed by atoms with Crippen LogP contribution >= 0.6 is 0 Å². The summed E-state index contributed by atoms with van der Waals surface area (Å²) < 4.78 is 0. The molecule has 0 amide bonds. The molecule has 0 aromatic heterocycles. The summed E-state index contributed by atoms with van der Waals surface area (Å²) in [5.74, 6) is 1.02. The lowest BCUT2D eigenvalue weighted by atomic mass is 9.91. The normalized spacial score (nSPS) is 27.4. The van der Waals surface area contributed by atoms with Crippen molar-refractivity contribution in [3.05, 3.63) is 11.6 Å². The van der Waals surface area contributed by atoms with Crippen molar-refractivity contribution >= 4 is 5.78 Å². The zero-order valence-corrected chi connectivity index (χ0v) is 8.72. The van der Waals surface area contributed by atoms with Crippen LogP contribution in [0.2, 0.25) is 0 Å². The average Bonchev–Trinajstić information content (AvgIpc) is 2.72. The van der Waals surface area contributed by atoms with Crippen LogP contribution in [-0.4, -0.2) is 18.9 Å². The van der Waals surface area contributed by atoms with E-state index in [1.54, 1.807) is 0 Å². The third-order valence-corrected chi connectivity index (χ3v) is 3.29. The maximum Gasteiger partial charge on any atom is 0.158 e. The van der Waals surface area contributed by atoms with E-state index in [-0.39, 0.29) is 0 Å². The Hall–Kier alpha value is -0.630. The van der Waals surface area contributed by atoms with Crippen LogP contribution in [0.1, 0.15) is 38.5 Å². The van der Waals surface area contributed by atoms with Crippen LogP contribution in [0.4, 0.5) is 0 Å². The molecule has 1 N–H and O–H groups in total. The monoisotopic (exact) mass is 193 g/mol. The van der Waals surface area contributed by atoms with Gasteiger partial charge in [-0.05, 0) is 56.7 Å². The summed E-state index contributed by atoms with van der Waals surface area (Å²) in [5.41, 5.74) is 1.11. The van der Waals surface area contributed by atoms with Crippen LogP contribution in [0, 0.1) is 5.92 Å². The fraction of sp³-hybridized carbons (Fsp3) is 0.750. The molecule has 1 heterocycles. The highest BCUT2D eigenvalue weighted by Crippen LogP contribution is 2.22. The first-order valence-electron chi connectivity index (χ1n) is 5.79. The molecule has 0 bridgehead atoms. The molecular formula is C12H19NO. The van der Waals surface area contributed by atoms with E-state index in [0.717, 1.165) is 37.9 Å². The molecule has 2 rings (SSSR count). The van der Waals surface area contributed by atoms with Gasteiger partial charge < -0.3 is 5.32 Å². The first kappa shape index (κ1) is 9.91. The molecule has 1 saturated heterocycles. The van der Waals surface area contributed by atoms with Crippen molar-refractivity contribution in [3.63, 3.8) is 0 Å². The highest BCUT2D eigenvalue weighted by Gasteiger charge is 2.20. The Labute approximate surface area is 85.8 Å². The zero-order chi connectivity index (χ0) is 9.80. The van der Waals surface area contributed by atoms with Gasteiger partial charge in [0, 0.05) is 6.42 Å². The number of hydrogen-bond acceptors (Lipinski definition) is 2. The molecule has 1 unspecified atom stereocenters. The second kappa shape index (κ2) is 4.74. The molecule has 0 spiro atoms. The molecule has 0 aromatic rings. The number of carbonyl (C=O) groups is 1. The van der Waals surface area contributed by atoms with Crippen LogP contribution in [0.15, 0.2) is 11.6 Å². The SMILES string of the molecule is O=C(CC1CCNC1)C1=CCCCC1. The predicted molar refractivity (Wildman–Crippen MR) is 57.2 cm³/mol. The summed E-state index contributed by atoms with van der Waals surface area (Å²) in [6.45, 7) is 2.13. The van der Waals surface area contributed by atoms with Gasteiger partial charge in [0.05, 0.1) is 0 Å². The third kappa shape index (κ3) is 2.44. The molecule has 0 saturated carbocycles. The second-order valence-electron chi connectivity index (χ2n) is 4.46. The first-order chi connectivity index (χ1) is 6.86. The quantitative estimate of drug-likeness (QED) is 0.743. The van der Waals surface area contributed by atoms with E-state index in [1.165, 1.54) is 19.3 Å². The van der Waals surface area contributed by atoms with Gasteiger partial charge in [-0.25, -0.2) is 0 Å². The van der Waals surface area contributed by atoms with Crippen molar-refractivity contribution < 1.29 is 4.79 Å². The summed E-state index contributed by atoms with van der Waals surface area (Å²) >= 11 is 0. The number of allylic oxidation sites excluding steroid dienone is 2. The molecule has 1 aliphatic heterocycles.